The summed E-state index contributed by atoms with van der Waals surface area (Å²) in [5, 5.41) is 4.54. The van der Waals surface area contributed by atoms with E-state index >= 15 is 0 Å². The Morgan fingerprint density at radius 2 is 1.88 bits per heavy atom. The van der Waals surface area contributed by atoms with Gasteiger partial charge < -0.3 is 5.32 Å². The molecule has 0 spiro atoms. The van der Waals surface area contributed by atoms with Crippen molar-refractivity contribution in [2.24, 2.45) is 5.92 Å². The van der Waals surface area contributed by atoms with Crippen LogP contribution in [0.3, 0.4) is 0 Å². The second-order valence-corrected chi connectivity index (χ2v) is 8.66. The van der Waals surface area contributed by atoms with Gasteiger partial charge in [-0.3, -0.25) is 4.79 Å². The summed E-state index contributed by atoms with van der Waals surface area (Å²) in [6, 6.07) is 9.86. The summed E-state index contributed by atoms with van der Waals surface area (Å²) >= 11 is 1.12. The molecule has 0 radical (unpaired) electrons. The smallest absolute Gasteiger partial charge is 0.250 e. The molecule has 7 heteroatoms. The first-order chi connectivity index (χ1) is 11.3. The highest BCUT2D eigenvalue weighted by atomic mass is 32.2. The zero-order valence-electron chi connectivity index (χ0n) is 13.9. The average Bonchev–Trinajstić information content (AvgIpc) is 3.08. The quantitative estimate of drug-likeness (QED) is 0.790. The molecule has 1 atom stereocenters. The third kappa shape index (κ3) is 4.43. The first-order valence-electron chi connectivity index (χ1n) is 7.79. The molecular formula is C17H22N2O3S2. The zero-order chi connectivity index (χ0) is 17.7. The molecule has 0 fully saturated rings. The Kier molecular flexibility index (Phi) is 6.15. The van der Waals surface area contributed by atoms with Crippen molar-refractivity contribution < 1.29 is 13.2 Å². The van der Waals surface area contributed by atoms with Gasteiger partial charge in [0, 0.05) is 5.69 Å². The number of hydrogen-bond acceptors (Lipinski definition) is 4. The van der Waals surface area contributed by atoms with E-state index in [4.69, 9.17) is 0 Å². The first kappa shape index (κ1) is 18.6. The Labute approximate surface area is 147 Å². The molecule has 1 heterocycles. The van der Waals surface area contributed by atoms with Gasteiger partial charge in [-0.2, -0.15) is 4.72 Å². The maximum atomic E-state index is 12.6. The molecule has 0 saturated carbocycles. The van der Waals surface area contributed by atoms with Crippen molar-refractivity contribution >= 4 is 33.0 Å². The molecule has 0 aliphatic carbocycles. The molecular weight excluding hydrogens is 344 g/mol. The lowest BCUT2D eigenvalue weighted by Gasteiger charge is -2.22. The van der Waals surface area contributed by atoms with Gasteiger partial charge in [-0.05, 0) is 35.4 Å². The van der Waals surface area contributed by atoms with Crippen LogP contribution in [0.1, 0.15) is 26.3 Å². The molecule has 2 aromatic rings. The van der Waals surface area contributed by atoms with E-state index in [1.165, 1.54) is 6.07 Å². The van der Waals surface area contributed by atoms with Gasteiger partial charge in [0.25, 0.3) is 10.0 Å². The molecule has 1 aromatic heterocycles. The molecule has 1 unspecified atom stereocenters. The maximum Gasteiger partial charge on any atom is 0.250 e. The summed E-state index contributed by atoms with van der Waals surface area (Å²) in [5.41, 5.74) is 1.72. The number of amides is 1. The largest absolute Gasteiger partial charge is 0.324 e. The summed E-state index contributed by atoms with van der Waals surface area (Å²) in [4.78, 5) is 12.6. The van der Waals surface area contributed by atoms with E-state index in [0.717, 1.165) is 23.3 Å². The van der Waals surface area contributed by atoms with Crippen LogP contribution in [-0.2, 0) is 21.2 Å². The van der Waals surface area contributed by atoms with Crippen LogP contribution < -0.4 is 10.0 Å². The summed E-state index contributed by atoms with van der Waals surface area (Å²) in [7, 11) is -3.71. The fourth-order valence-electron chi connectivity index (χ4n) is 2.30. The van der Waals surface area contributed by atoms with Crippen LogP contribution in [0.5, 0.6) is 0 Å². The van der Waals surface area contributed by atoms with E-state index in [2.05, 4.69) is 10.0 Å². The standard InChI is InChI=1S/C17H22N2O3S2/c1-4-13-8-5-6-9-14(13)18-17(20)16(12(2)3)19-24(21,22)15-10-7-11-23-15/h5-12,16,19H,4H2,1-3H3,(H,18,20). The van der Waals surface area contributed by atoms with E-state index in [1.807, 2.05) is 45.0 Å². The second-order valence-electron chi connectivity index (χ2n) is 5.78. The van der Waals surface area contributed by atoms with E-state index in [1.54, 1.807) is 11.4 Å². The molecule has 2 rings (SSSR count). The van der Waals surface area contributed by atoms with E-state index in [9.17, 15) is 13.2 Å². The number of aryl methyl sites for hydroxylation is 1. The van der Waals surface area contributed by atoms with Crippen LogP contribution in [0.15, 0.2) is 46.0 Å². The number of benzene rings is 1. The third-order valence-corrected chi connectivity index (χ3v) is 6.49. The minimum absolute atomic E-state index is 0.187. The summed E-state index contributed by atoms with van der Waals surface area (Å²) in [6.45, 7) is 5.63. The third-order valence-electron chi connectivity index (χ3n) is 3.65. The lowest BCUT2D eigenvalue weighted by atomic mass is 10.0. The van der Waals surface area contributed by atoms with Gasteiger partial charge >= 0.3 is 0 Å². The average molecular weight is 367 g/mol. The van der Waals surface area contributed by atoms with Crippen LogP contribution in [0.4, 0.5) is 5.69 Å². The van der Waals surface area contributed by atoms with Crippen molar-refractivity contribution in [1.82, 2.24) is 4.72 Å². The van der Waals surface area contributed by atoms with Gasteiger partial charge in [0.2, 0.25) is 5.91 Å². The molecule has 0 bridgehead atoms. The Bertz CT molecular complexity index is 784. The lowest BCUT2D eigenvalue weighted by molar-refractivity contribution is -0.118. The van der Waals surface area contributed by atoms with Crippen LogP contribution in [-0.4, -0.2) is 20.4 Å². The van der Waals surface area contributed by atoms with Gasteiger partial charge in [-0.25, -0.2) is 8.42 Å². The minimum Gasteiger partial charge on any atom is -0.324 e. The number of carbonyl (C=O) groups excluding carboxylic acids is 1. The first-order valence-corrected chi connectivity index (χ1v) is 10.2. The molecule has 5 nitrogen and oxygen atoms in total. The number of para-hydroxylation sites is 1. The summed E-state index contributed by atoms with van der Waals surface area (Å²) < 4.78 is 27.5. The van der Waals surface area contributed by atoms with Crippen molar-refractivity contribution in [3.05, 3.63) is 47.3 Å². The van der Waals surface area contributed by atoms with Crippen molar-refractivity contribution in [3.8, 4) is 0 Å². The van der Waals surface area contributed by atoms with Gasteiger partial charge in [0.05, 0.1) is 0 Å². The van der Waals surface area contributed by atoms with Gasteiger partial charge in [0.15, 0.2) is 0 Å². The summed E-state index contributed by atoms with van der Waals surface area (Å²) in [5.74, 6) is -0.542. The number of anilines is 1. The Morgan fingerprint density at radius 3 is 2.46 bits per heavy atom. The fourth-order valence-corrected chi connectivity index (χ4v) is 4.65. The van der Waals surface area contributed by atoms with Crippen molar-refractivity contribution in [3.63, 3.8) is 0 Å². The van der Waals surface area contributed by atoms with Gasteiger partial charge in [-0.1, -0.05) is 45.0 Å². The molecule has 1 amide bonds. The van der Waals surface area contributed by atoms with E-state index in [-0.39, 0.29) is 16.0 Å². The van der Waals surface area contributed by atoms with Crippen molar-refractivity contribution in [1.29, 1.82) is 0 Å². The van der Waals surface area contributed by atoms with Crippen molar-refractivity contribution in [2.45, 2.75) is 37.4 Å². The van der Waals surface area contributed by atoms with Crippen LogP contribution in [0.2, 0.25) is 0 Å². The monoisotopic (exact) mass is 366 g/mol. The molecule has 2 N–H and O–H groups in total. The SMILES string of the molecule is CCc1ccccc1NC(=O)C(NS(=O)(=O)c1cccs1)C(C)C. The normalized spacial score (nSPS) is 13.0. The topological polar surface area (TPSA) is 75.3 Å². The lowest BCUT2D eigenvalue weighted by Crippen LogP contribution is -2.46. The number of rotatable bonds is 7. The van der Waals surface area contributed by atoms with Crippen molar-refractivity contribution in [2.75, 3.05) is 5.32 Å². The highest BCUT2D eigenvalue weighted by Gasteiger charge is 2.29. The number of hydrogen-bond donors (Lipinski definition) is 2. The predicted molar refractivity (Wildman–Crippen MR) is 97.7 cm³/mol. The molecule has 1 aromatic carbocycles. The highest BCUT2D eigenvalue weighted by Crippen LogP contribution is 2.19. The van der Waals surface area contributed by atoms with Gasteiger partial charge in [-0.15, -0.1) is 11.3 Å². The highest BCUT2D eigenvalue weighted by molar-refractivity contribution is 7.91. The van der Waals surface area contributed by atoms with E-state index < -0.39 is 16.1 Å². The minimum atomic E-state index is -3.71. The molecule has 0 saturated heterocycles. The fraction of sp³-hybridized carbons (Fsp3) is 0.353. The molecule has 24 heavy (non-hydrogen) atoms. The van der Waals surface area contributed by atoms with E-state index in [0.29, 0.717) is 5.69 Å². The zero-order valence-corrected chi connectivity index (χ0v) is 15.6. The van der Waals surface area contributed by atoms with Crippen LogP contribution in [0, 0.1) is 5.92 Å². The number of carbonyl (C=O) groups is 1. The number of nitrogens with one attached hydrogen (secondary N) is 2. The summed E-state index contributed by atoms with van der Waals surface area (Å²) in [6.07, 6.45) is 0.781. The molecule has 0 aliphatic rings. The van der Waals surface area contributed by atoms with Gasteiger partial charge in [0.1, 0.15) is 10.3 Å². The number of thiophene rings is 1. The number of sulfonamides is 1. The molecule has 130 valence electrons. The van der Waals surface area contributed by atoms with Crippen LogP contribution in [0.25, 0.3) is 0 Å². The van der Waals surface area contributed by atoms with Crippen LogP contribution >= 0.6 is 11.3 Å². The molecule has 0 aliphatic heterocycles. The Balaban J connectivity index is 2.20. The maximum absolute atomic E-state index is 12.6. The Hall–Kier alpha value is -1.70. The predicted octanol–water partition coefficient (Wildman–Crippen LogP) is 3.25. The second kappa shape index (κ2) is 7.92. The Morgan fingerprint density at radius 1 is 1.17 bits per heavy atom.